The van der Waals surface area contributed by atoms with E-state index in [9.17, 15) is 13.2 Å². The number of nitrogens with one attached hydrogen (secondary N) is 1. The van der Waals surface area contributed by atoms with Gasteiger partial charge in [0, 0.05) is 12.0 Å². The zero-order valence-electron chi connectivity index (χ0n) is 12.9. The van der Waals surface area contributed by atoms with Crippen LogP contribution in [0.15, 0.2) is 29.2 Å². The minimum Gasteiger partial charge on any atom is -0.462 e. The molecule has 1 aromatic rings. The monoisotopic (exact) mass is 324 g/mol. The fourth-order valence-electron chi connectivity index (χ4n) is 1.63. The predicted molar refractivity (Wildman–Crippen MR) is 81.6 cm³/mol. The lowest BCUT2D eigenvalue weighted by Crippen LogP contribution is -2.40. The van der Waals surface area contributed by atoms with Gasteiger partial charge >= 0.3 is 5.97 Å². The lowest BCUT2D eigenvalue weighted by Gasteiger charge is -2.20. The lowest BCUT2D eigenvalue weighted by molar-refractivity contribution is 0.0501. The number of carbonyl (C=O) groups excluding carboxylic acids is 1. The number of ether oxygens (including phenoxy) is 1. The van der Waals surface area contributed by atoms with Gasteiger partial charge in [-0.25, -0.2) is 17.9 Å². The van der Waals surface area contributed by atoms with E-state index in [1.54, 1.807) is 20.8 Å². The van der Waals surface area contributed by atoms with Crippen LogP contribution in [0.25, 0.3) is 0 Å². The molecule has 0 amide bonds. The minimum atomic E-state index is -3.62. The van der Waals surface area contributed by atoms with Gasteiger partial charge in [0.15, 0.2) is 0 Å². The summed E-state index contributed by atoms with van der Waals surface area (Å²) in [4.78, 5) is 11.8. The zero-order chi connectivity index (χ0) is 16.8. The lowest BCUT2D eigenvalue weighted by atomic mass is 10.1. The van der Waals surface area contributed by atoms with Crippen LogP contribution in [0.4, 0.5) is 0 Å². The Labute approximate surface area is 131 Å². The van der Waals surface area contributed by atoms with Gasteiger partial charge in [-0.15, -0.1) is 0 Å². The van der Waals surface area contributed by atoms with Gasteiger partial charge < -0.3 is 4.74 Å². The largest absolute Gasteiger partial charge is 0.462 e. The molecule has 0 fully saturated rings. The van der Waals surface area contributed by atoms with Crippen molar-refractivity contribution in [2.24, 2.45) is 0 Å². The van der Waals surface area contributed by atoms with Crippen molar-refractivity contribution in [3.63, 3.8) is 0 Å². The molecule has 0 aromatic heterocycles. The molecule has 6 nitrogen and oxygen atoms in total. The SMILES string of the molecule is CC(C)(C)NS(=O)(=O)c1ccc(C(=O)OCCCC#N)cc1. The normalized spacial score (nSPS) is 11.7. The summed E-state index contributed by atoms with van der Waals surface area (Å²) in [5, 5.41) is 8.38. The molecular weight excluding hydrogens is 304 g/mol. The first-order valence-electron chi connectivity index (χ1n) is 6.84. The van der Waals surface area contributed by atoms with Crippen molar-refractivity contribution in [1.82, 2.24) is 4.72 Å². The van der Waals surface area contributed by atoms with Crippen LogP contribution in [0.2, 0.25) is 0 Å². The summed E-state index contributed by atoms with van der Waals surface area (Å²) in [6, 6.07) is 7.49. The van der Waals surface area contributed by atoms with Gasteiger partial charge in [0.1, 0.15) is 0 Å². The van der Waals surface area contributed by atoms with E-state index in [0.29, 0.717) is 12.8 Å². The third kappa shape index (κ3) is 5.84. The number of benzene rings is 1. The molecule has 0 spiro atoms. The maximum atomic E-state index is 12.1. The van der Waals surface area contributed by atoms with Crippen LogP contribution in [0.1, 0.15) is 44.0 Å². The number of carbonyl (C=O) groups is 1. The molecule has 1 N–H and O–H groups in total. The Balaban J connectivity index is 2.74. The van der Waals surface area contributed by atoms with Crippen molar-refractivity contribution in [3.05, 3.63) is 29.8 Å². The Morgan fingerprint density at radius 1 is 1.27 bits per heavy atom. The van der Waals surface area contributed by atoms with Crippen molar-refractivity contribution in [1.29, 1.82) is 5.26 Å². The summed E-state index contributed by atoms with van der Waals surface area (Å²) in [5.74, 6) is -0.536. The van der Waals surface area contributed by atoms with Crippen LogP contribution in [0.3, 0.4) is 0 Å². The molecule has 0 radical (unpaired) electrons. The molecule has 0 aliphatic carbocycles. The van der Waals surface area contributed by atoms with Gasteiger partial charge in [-0.3, -0.25) is 0 Å². The van der Waals surface area contributed by atoms with Crippen LogP contribution in [-0.4, -0.2) is 26.5 Å². The minimum absolute atomic E-state index is 0.0865. The molecule has 120 valence electrons. The Kier molecular flexibility index (Phi) is 6.09. The van der Waals surface area contributed by atoms with Gasteiger partial charge in [-0.2, -0.15) is 5.26 Å². The van der Waals surface area contributed by atoms with E-state index >= 15 is 0 Å². The number of unbranched alkanes of at least 4 members (excludes halogenated alkanes) is 1. The van der Waals surface area contributed by atoms with E-state index in [1.807, 2.05) is 6.07 Å². The quantitative estimate of drug-likeness (QED) is 0.639. The van der Waals surface area contributed by atoms with Crippen LogP contribution < -0.4 is 4.72 Å². The van der Waals surface area contributed by atoms with E-state index in [-0.39, 0.29) is 17.1 Å². The Hall–Kier alpha value is -1.91. The molecule has 0 unspecified atom stereocenters. The second-order valence-electron chi connectivity index (χ2n) is 5.78. The van der Waals surface area contributed by atoms with Crippen LogP contribution in [0, 0.1) is 11.3 Å². The first kappa shape index (κ1) is 18.1. The van der Waals surface area contributed by atoms with E-state index in [2.05, 4.69) is 4.72 Å². The summed E-state index contributed by atoms with van der Waals surface area (Å²) in [5.41, 5.74) is -0.316. The number of esters is 1. The van der Waals surface area contributed by atoms with E-state index < -0.39 is 21.5 Å². The molecule has 0 aliphatic rings. The zero-order valence-corrected chi connectivity index (χ0v) is 13.7. The Morgan fingerprint density at radius 3 is 2.36 bits per heavy atom. The third-order valence-corrected chi connectivity index (χ3v) is 4.28. The maximum absolute atomic E-state index is 12.1. The molecule has 0 saturated heterocycles. The predicted octanol–water partition coefficient (Wildman–Crippen LogP) is 2.22. The highest BCUT2D eigenvalue weighted by molar-refractivity contribution is 7.89. The summed E-state index contributed by atoms with van der Waals surface area (Å²) in [6.45, 7) is 5.41. The summed E-state index contributed by atoms with van der Waals surface area (Å²) in [6.07, 6.45) is 0.799. The summed E-state index contributed by atoms with van der Waals surface area (Å²) in [7, 11) is -3.62. The first-order valence-corrected chi connectivity index (χ1v) is 8.32. The number of sulfonamides is 1. The topological polar surface area (TPSA) is 96.3 Å². The summed E-state index contributed by atoms with van der Waals surface area (Å²) >= 11 is 0. The van der Waals surface area contributed by atoms with Crippen molar-refractivity contribution in [2.45, 2.75) is 44.0 Å². The molecule has 22 heavy (non-hydrogen) atoms. The number of rotatable bonds is 6. The molecule has 7 heteroatoms. The van der Waals surface area contributed by atoms with E-state index in [4.69, 9.17) is 10.00 Å². The smallest absolute Gasteiger partial charge is 0.338 e. The Bertz CT molecular complexity index is 652. The maximum Gasteiger partial charge on any atom is 0.338 e. The standard InChI is InChI=1S/C15H20N2O4S/c1-15(2,3)17-22(19,20)13-8-6-12(7-9-13)14(18)21-11-5-4-10-16/h6-9,17H,4-5,11H2,1-3H3. The van der Waals surface area contributed by atoms with Gasteiger partial charge in [0.25, 0.3) is 0 Å². The number of nitriles is 1. The average molecular weight is 324 g/mol. The highest BCUT2D eigenvalue weighted by atomic mass is 32.2. The van der Waals surface area contributed by atoms with Gasteiger partial charge in [-0.1, -0.05) is 0 Å². The molecule has 0 bridgehead atoms. The second kappa shape index (κ2) is 7.38. The van der Waals surface area contributed by atoms with E-state index in [0.717, 1.165) is 0 Å². The van der Waals surface area contributed by atoms with Gasteiger partial charge in [-0.05, 0) is 51.5 Å². The first-order chi connectivity index (χ1) is 10.2. The van der Waals surface area contributed by atoms with Crippen LogP contribution in [0.5, 0.6) is 0 Å². The van der Waals surface area contributed by atoms with Gasteiger partial charge in [0.05, 0.1) is 23.1 Å². The second-order valence-corrected chi connectivity index (χ2v) is 7.46. The fraction of sp³-hybridized carbons (Fsp3) is 0.467. The Morgan fingerprint density at radius 2 is 1.86 bits per heavy atom. The van der Waals surface area contributed by atoms with Crippen LogP contribution >= 0.6 is 0 Å². The van der Waals surface area contributed by atoms with Gasteiger partial charge in [0.2, 0.25) is 10.0 Å². The molecule has 0 atom stereocenters. The number of nitrogens with zero attached hydrogens (tertiary/aromatic N) is 1. The van der Waals surface area contributed by atoms with Crippen molar-refractivity contribution < 1.29 is 17.9 Å². The third-order valence-electron chi connectivity index (χ3n) is 2.51. The molecule has 0 heterocycles. The fourth-order valence-corrected chi connectivity index (χ4v) is 3.05. The molecule has 1 aromatic carbocycles. The molecule has 1 rings (SSSR count). The van der Waals surface area contributed by atoms with Crippen molar-refractivity contribution in [3.8, 4) is 6.07 Å². The van der Waals surface area contributed by atoms with Crippen molar-refractivity contribution in [2.75, 3.05) is 6.61 Å². The van der Waals surface area contributed by atoms with Crippen molar-refractivity contribution >= 4 is 16.0 Å². The van der Waals surface area contributed by atoms with E-state index in [1.165, 1.54) is 24.3 Å². The number of hydrogen-bond donors (Lipinski definition) is 1. The molecular formula is C15H20N2O4S. The highest BCUT2D eigenvalue weighted by Crippen LogP contribution is 2.14. The van der Waals surface area contributed by atoms with Crippen LogP contribution in [-0.2, 0) is 14.8 Å². The highest BCUT2D eigenvalue weighted by Gasteiger charge is 2.22. The average Bonchev–Trinajstić information content (AvgIpc) is 2.41. The summed E-state index contributed by atoms with van der Waals surface area (Å²) < 4.78 is 31.7. The number of hydrogen-bond acceptors (Lipinski definition) is 5. The molecule has 0 aliphatic heterocycles. The molecule has 0 saturated carbocycles.